The largest absolute Gasteiger partial charge is 0.450 e. The third-order valence-electron chi connectivity index (χ3n) is 4.74. The number of halogens is 1. The lowest BCUT2D eigenvalue weighted by Gasteiger charge is -2.19. The summed E-state index contributed by atoms with van der Waals surface area (Å²) in [5.41, 5.74) is 0.156. The van der Waals surface area contributed by atoms with E-state index in [2.05, 4.69) is 15.0 Å². The zero-order valence-corrected chi connectivity index (χ0v) is 18.1. The molecule has 0 unspecified atom stereocenters. The van der Waals surface area contributed by atoms with Gasteiger partial charge in [-0.3, -0.25) is 10.2 Å². The van der Waals surface area contributed by atoms with Gasteiger partial charge in [0.2, 0.25) is 5.17 Å². The summed E-state index contributed by atoms with van der Waals surface area (Å²) in [7, 11) is 0. The van der Waals surface area contributed by atoms with Gasteiger partial charge in [-0.2, -0.15) is 10.0 Å². The molecule has 1 aromatic heterocycles. The number of rotatable bonds is 3. The first-order valence-electron chi connectivity index (χ1n) is 9.35. The molecule has 1 saturated heterocycles. The van der Waals surface area contributed by atoms with Crippen LogP contribution in [0.2, 0.25) is 5.02 Å². The van der Waals surface area contributed by atoms with Gasteiger partial charge in [-0.05, 0) is 67.1 Å². The lowest BCUT2D eigenvalue weighted by molar-refractivity contribution is -0.114. The number of aliphatic imine (C=N–C) groups is 1. The number of likely N-dealkylation sites (tertiary alicyclic amines) is 1. The molecule has 3 aliphatic rings. The van der Waals surface area contributed by atoms with Crippen LogP contribution in [-0.2, 0) is 4.79 Å². The highest BCUT2D eigenvalue weighted by Gasteiger charge is 2.37. The van der Waals surface area contributed by atoms with Gasteiger partial charge in [-0.15, -0.1) is 5.10 Å². The van der Waals surface area contributed by atoms with Crippen molar-refractivity contribution in [3.05, 3.63) is 52.8 Å². The van der Waals surface area contributed by atoms with Crippen LogP contribution in [0.1, 0.15) is 18.6 Å². The van der Waals surface area contributed by atoms with Crippen molar-refractivity contribution < 1.29 is 9.21 Å². The van der Waals surface area contributed by atoms with Crippen LogP contribution in [0.25, 0.3) is 6.08 Å². The van der Waals surface area contributed by atoms with Crippen molar-refractivity contribution >= 4 is 63.3 Å². The van der Waals surface area contributed by atoms with Gasteiger partial charge >= 0.3 is 0 Å². The SMILES string of the molecule is N=C1/C(=C\c2ccc(Sc3ccc(Cl)cc3)o2)C(=O)N=C2SC(N3CCCC3)=NN12. The molecule has 30 heavy (non-hydrogen) atoms. The van der Waals surface area contributed by atoms with Crippen LogP contribution in [0, 0.1) is 5.41 Å². The molecule has 10 heteroatoms. The monoisotopic (exact) mass is 457 g/mol. The highest BCUT2D eigenvalue weighted by Crippen LogP contribution is 2.33. The molecular weight excluding hydrogens is 442 g/mol. The number of hydrazone groups is 1. The Bertz CT molecular complexity index is 1120. The van der Waals surface area contributed by atoms with Crippen LogP contribution in [0.15, 0.2) is 66.5 Å². The molecule has 3 aliphatic heterocycles. The van der Waals surface area contributed by atoms with Gasteiger partial charge in [0.1, 0.15) is 5.76 Å². The fraction of sp³-hybridized carbons (Fsp3) is 0.200. The highest BCUT2D eigenvalue weighted by atomic mass is 35.5. The molecule has 0 bridgehead atoms. The van der Waals surface area contributed by atoms with Gasteiger partial charge in [0.25, 0.3) is 5.91 Å². The van der Waals surface area contributed by atoms with Crippen molar-refractivity contribution in [1.29, 1.82) is 5.41 Å². The summed E-state index contributed by atoms with van der Waals surface area (Å²) in [5.74, 6) is 0.0312. The molecule has 0 atom stereocenters. The maximum absolute atomic E-state index is 12.5. The topological polar surface area (TPSA) is 85.3 Å². The van der Waals surface area contributed by atoms with E-state index in [0.717, 1.165) is 36.0 Å². The summed E-state index contributed by atoms with van der Waals surface area (Å²) in [4.78, 5) is 19.8. The van der Waals surface area contributed by atoms with Crippen molar-refractivity contribution in [2.24, 2.45) is 10.1 Å². The molecule has 2 aromatic rings. The summed E-state index contributed by atoms with van der Waals surface area (Å²) in [6.45, 7) is 1.88. The number of amidine groups is 3. The average molecular weight is 458 g/mol. The first-order chi connectivity index (χ1) is 14.6. The normalized spacial score (nSPS) is 20.1. The number of nitrogens with zero attached hydrogens (tertiary/aromatic N) is 4. The number of furan rings is 1. The smallest absolute Gasteiger partial charge is 0.283 e. The minimum Gasteiger partial charge on any atom is -0.450 e. The molecule has 1 N–H and O–H groups in total. The number of hydrogen-bond acceptors (Lipinski definition) is 7. The Labute approximate surface area is 186 Å². The molecule has 7 nitrogen and oxygen atoms in total. The predicted molar refractivity (Wildman–Crippen MR) is 120 cm³/mol. The molecule has 1 aromatic carbocycles. The third-order valence-corrected chi connectivity index (χ3v) is 6.89. The van der Waals surface area contributed by atoms with Crippen molar-refractivity contribution in [3.8, 4) is 0 Å². The molecule has 0 spiro atoms. The number of fused-ring (bicyclic) bond motifs is 1. The second-order valence-electron chi connectivity index (χ2n) is 6.81. The van der Waals surface area contributed by atoms with E-state index in [1.807, 2.05) is 30.3 Å². The number of thioether (sulfide) groups is 1. The Morgan fingerprint density at radius 3 is 2.67 bits per heavy atom. The number of nitrogens with one attached hydrogen (secondary N) is 1. The molecular formula is C20H16ClN5O2S2. The Balaban J connectivity index is 1.36. The van der Waals surface area contributed by atoms with E-state index < -0.39 is 5.91 Å². The average Bonchev–Trinajstić information content (AvgIpc) is 3.47. The fourth-order valence-electron chi connectivity index (χ4n) is 3.25. The standard InChI is InChI=1S/C20H16ClN5O2S2/c21-12-3-6-14(7-4-12)29-16-8-5-13(28-16)11-15-17(22)26-19(23-18(15)27)30-20(24-26)25-9-1-2-10-25/h3-8,11,22H,1-2,9-10H2/b15-11+,22-17?. The number of carbonyl (C=O) groups excluding carboxylic acids is 1. The number of carbonyl (C=O) groups is 1. The van der Waals surface area contributed by atoms with Crippen molar-refractivity contribution in [3.63, 3.8) is 0 Å². The maximum atomic E-state index is 12.5. The Morgan fingerprint density at radius 2 is 1.90 bits per heavy atom. The number of amides is 1. The van der Waals surface area contributed by atoms with Gasteiger partial charge < -0.3 is 9.32 Å². The van der Waals surface area contributed by atoms with Crippen molar-refractivity contribution in [2.75, 3.05) is 13.1 Å². The molecule has 152 valence electrons. The summed E-state index contributed by atoms with van der Waals surface area (Å²) < 4.78 is 5.82. The molecule has 1 fully saturated rings. The number of benzene rings is 1. The molecule has 0 radical (unpaired) electrons. The third kappa shape index (κ3) is 3.80. The van der Waals surface area contributed by atoms with E-state index >= 15 is 0 Å². The molecule has 5 rings (SSSR count). The quantitative estimate of drug-likeness (QED) is 0.669. The zero-order valence-electron chi connectivity index (χ0n) is 15.7. The fourth-order valence-corrected chi connectivity index (χ4v) is 5.10. The van der Waals surface area contributed by atoms with Crippen LogP contribution in [-0.4, -0.2) is 45.1 Å². The van der Waals surface area contributed by atoms with E-state index in [4.69, 9.17) is 21.4 Å². The molecule has 0 saturated carbocycles. The minimum absolute atomic E-state index is 0.00926. The summed E-state index contributed by atoms with van der Waals surface area (Å²) >= 11 is 8.71. The second-order valence-corrected chi connectivity index (χ2v) is 9.26. The highest BCUT2D eigenvalue weighted by molar-refractivity contribution is 8.26. The van der Waals surface area contributed by atoms with Gasteiger partial charge in [-0.1, -0.05) is 23.4 Å². The molecule has 0 aliphatic carbocycles. The van der Waals surface area contributed by atoms with E-state index in [-0.39, 0.29) is 11.4 Å². The maximum Gasteiger partial charge on any atom is 0.283 e. The van der Waals surface area contributed by atoms with Gasteiger partial charge in [0.05, 0.1) is 5.57 Å². The van der Waals surface area contributed by atoms with Crippen LogP contribution in [0.3, 0.4) is 0 Å². The predicted octanol–water partition coefficient (Wildman–Crippen LogP) is 4.76. The summed E-state index contributed by atoms with van der Waals surface area (Å²) in [6, 6.07) is 11.0. The summed E-state index contributed by atoms with van der Waals surface area (Å²) in [5, 5.41) is 17.0. The van der Waals surface area contributed by atoms with Gasteiger partial charge in [-0.25, -0.2) is 0 Å². The Kier molecular flexibility index (Phi) is 5.18. The van der Waals surface area contributed by atoms with Gasteiger partial charge in [0.15, 0.2) is 16.1 Å². The van der Waals surface area contributed by atoms with Crippen molar-refractivity contribution in [1.82, 2.24) is 9.91 Å². The van der Waals surface area contributed by atoms with Crippen molar-refractivity contribution in [2.45, 2.75) is 22.8 Å². The molecule has 1 amide bonds. The minimum atomic E-state index is -0.458. The van der Waals surface area contributed by atoms with E-state index in [1.54, 1.807) is 12.1 Å². The zero-order chi connectivity index (χ0) is 20.7. The van der Waals surface area contributed by atoms with Crippen LogP contribution < -0.4 is 0 Å². The first kappa shape index (κ1) is 19.5. The lowest BCUT2D eigenvalue weighted by atomic mass is 10.1. The Hall–Kier alpha value is -2.49. The van der Waals surface area contributed by atoms with Crippen LogP contribution in [0.5, 0.6) is 0 Å². The van der Waals surface area contributed by atoms with Crippen LogP contribution >= 0.6 is 35.1 Å². The summed E-state index contributed by atoms with van der Waals surface area (Å²) in [6.07, 6.45) is 3.80. The Morgan fingerprint density at radius 1 is 1.13 bits per heavy atom. The first-order valence-corrected chi connectivity index (χ1v) is 11.4. The van der Waals surface area contributed by atoms with E-state index in [9.17, 15) is 4.79 Å². The van der Waals surface area contributed by atoms with E-state index in [0.29, 0.717) is 21.0 Å². The van der Waals surface area contributed by atoms with Gasteiger partial charge in [0, 0.05) is 23.0 Å². The van der Waals surface area contributed by atoms with Crippen LogP contribution in [0.4, 0.5) is 0 Å². The lowest BCUT2D eigenvalue weighted by Crippen LogP contribution is -2.35. The second kappa shape index (κ2) is 7.98. The molecule has 4 heterocycles. The number of hydrogen-bond donors (Lipinski definition) is 1. The van der Waals surface area contributed by atoms with E-state index in [1.165, 1.54) is 28.5 Å².